The van der Waals surface area contributed by atoms with Gasteiger partial charge in [-0.25, -0.2) is 0 Å². The Morgan fingerprint density at radius 1 is 1.03 bits per heavy atom. The molecule has 6 heteroatoms. The van der Waals surface area contributed by atoms with Gasteiger partial charge in [-0.1, -0.05) is 32.9 Å². The van der Waals surface area contributed by atoms with Crippen molar-refractivity contribution in [1.29, 1.82) is 0 Å². The highest BCUT2D eigenvalue weighted by molar-refractivity contribution is 5.95. The Hall–Kier alpha value is -2.37. The van der Waals surface area contributed by atoms with Crippen molar-refractivity contribution in [2.24, 2.45) is 17.3 Å². The lowest BCUT2D eigenvalue weighted by Gasteiger charge is -2.36. The summed E-state index contributed by atoms with van der Waals surface area (Å²) in [6.07, 6.45) is 3.63. The second kappa shape index (κ2) is 9.90. The lowest BCUT2D eigenvalue weighted by Crippen LogP contribution is -2.36. The number of anilines is 1. The van der Waals surface area contributed by atoms with Gasteiger partial charge in [0.1, 0.15) is 0 Å². The minimum absolute atomic E-state index is 0.131. The number of carbonyl (C=O) groups is 3. The van der Waals surface area contributed by atoms with Crippen LogP contribution in [-0.4, -0.2) is 30.9 Å². The molecule has 0 aromatic heterocycles. The number of benzene rings is 1. The number of aryl methyl sites for hydroxylation is 1. The van der Waals surface area contributed by atoms with E-state index in [1.807, 2.05) is 32.0 Å². The van der Waals surface area contributed by atoms with Crippen molar-refractivity contribution in [3.05, 3.63) is 29.3 Å². The fraction of sp³-hybridized carbons (Fsp3) is 0.609. The van der Waals surface area contributed by atoms with Crippen LogP contribution in [0.2, 0.25) is 0 Å². The van der Waals surface area contributed by atoms with Crippen LogP contribution in [-0.2, 0) is 19.1 Å². The highest BCUT2D eigenvalue weighted by atomic mass is 16.5. The average Bonchev–Trinajstić information content (AvgIpc) is 2.67. The molecule has 1 saturated carbocycles. The van der Waals surface area contributed by atoms with Gasteiger partial charge in [-0.05, 0) is 68.1 Å². The molecule has 29 heavy (non-hydrogen) atoms. The molecule has 0 spiro atoms. The molecule has 1 aliphatic carbocycles. The number of amides is 2. The van der Waals surface area contributed by atoms with E-state index in [4.69, 9.17) is 4.74 Å². The van der Waals surface area contributed by atoms with Crippen LogP contribution in [0.15, 0.2) is 18.2 Å². The first-order valence-corrected chi connectivity index (χ1v) is 10.4. The van der Waals surface area contributed by atoms with Gasteiger partial charge in [0, 0.05) is 5.69 Å². The van der Waals surface area contributed by atoms with E-state index in [-0.39, 0.29) is 36.4 Å². The first kappa shape index (κ1) is 22.9. The number of hydrogen-bond acceptors (Lipinski definition) is 4. The summed E-state index contributed by atoms with van der Waals surface area (Å²) < 4.78 is 5.17. The summed E-state index contributed by atoms with van der Waals surface area (Å²) >= 11 is 0. The van der Waals surface area contributed by atoms with E-state index < -0.39 is 5.91 Å². The number of nitrogens with one attached hydrogen (secondary N) is 2. The summed E-state index contributed by atoms with van der Waals surface area (Å²) in [5.74, 6) is -0.622. The van der Waals surface area contributed by atoms with Gasteiger partial charge in [-0.15, -0.1) is 0 Å². The molecule has 0 unspecified atom stereocenters. The second-order valence-corrected chi connectivity index (χ2v) is 9.09. The van der Waals surface area contributed by atoms with Crippen molar-refractivity contribution in [2.45, 2.75) is 60.3 Å². The average molecular weight is 403 g/mol. The summed E-state index contributed by atoms with van der Waals surface area (Å²) in [5, 5.41) is 5.27. The van der Waals surface area contributed by atoms with Crippen LogP contribution in [0.4, 0.5) is 5.69 Å². The zero-order valence-electron chi connectivity index (χ0n) is 18.3. The zero-order chi connectivity index (χ0) is 21.6. The van der Waals surface area contributed by atoms with E-state index in [9.17, 15) is 14.4 Å². The molecule has 1 aromatic rings. The maximum absolute atomic E-state index is 12.2. The molecule has 1 fully saturated rings. The predicted molar refractivity (Wildman–Crippen MR) is 113 cm³/mol. The predicted octanol–water partition coefficient (Wildman–Crippen LogP) is 3.75. The van der Waals surface area contributed by atoms with Crippen molar-refractivity contribution < 1.29 is 19.1 Å². The van der Waals surface area contributed by atoms with Crippen molar-refractivity contribution in [3.8, 4) is 0 Å². The summed E-state index contributed by atoms with van der Waals surface area (Å²) in [6.45, 7) is 10.1. The monoisotopic (exact) mass is 402 g/mol. The van der Waals surface area contributed by atoms with Gasteiger partial charge in [0.25, 0.3) is 5.91 Å². The number of carbonyl (C=O) groups excluding carboxylic acids is 3. The second-order valence-electron chi connectivity index (χ2n) is 9.09. The molecule has 160 valence electrons. The van der Waals surface area contributed by atoms with Crippen LogP contribution in [0.3, 0.4) is 0 Å². The van der Waals surface area contributed by atoms with Gasteiger partial charge in [0.15, 0.2) is 6.61 Å². The highest BCUT2D eigenvalue weighted by Gasteiger charge is 2.33. The van der Waals surface area contributed by atoms with Gasteiger partial charge in [0.05, 0.1) is 12.5 Å². The first-order chi connectivity index (χ1) is 13.6. The van der Waals surface area contributed by atoms with Crippen LogP contribution in [0.5, 0.6) is 0 Å². The molecule has 0 bridgehead atoms. The third-order valence-corrected chi connectivity index (χ3v) is 5.96. The van der Waals surface area contributed by atoms with E-state index in [1.54, 1.807) is 0 Å². The molecule has 0 atom stereocenters. The van der Waals surface area contributed by atoms with E-state index in [0.717, 1.165) is 42.5 Å². The zero-order valence-corrected chi connectivity index (χ0v) is 18.3. The maximum Gasteiger partial charge on any atom is 0.309 e. The number of esters is 1. The van der Waals surface area contributed by atoms with E-state index in [0.29, 0.717) is 5.92 Å². The van der Waals surface area contributed by atoms with Crippen LogP contribution in [0.1, 0.15) is 57.6 Å². The van der Waals surface area contributed by atoms with Crippen LogP contribution < -0.4 is 10.6 Å². The fourth-order valence-corrected chi connectivity index (χ4v) is 3.76. The summed E-state index contributed by atoms with van der Waals surface area (Å²) in [4.78, 5) is 36.2. The molecule has 1 aliphatic rings. The molecule has 1 aromatic carbocycles. The van der Waals surface area contributed by atoms with E-state index in [1.165, 1.54) is 0 Å². The van der Waals surface area contributed by atoms with Gasteiger partial charge >= 0.3 is 5.97 Å². The Labute approximate surface area is 173 Å². The standard InChI is InChI=1S/C23H34N2O4/c1-15-7-6-8-19(16(15)2)25-20(26)13-24-21(27)14-29-22(28)17-9-11-18(12-10-17)23(3,4)5/h6-8,17-18H,9-14H2,1-5H3,(H,24,27)(H,25,26). The summed E-state index contributed by atoms with van der Waals surface area (Å²) in [7, 11) is 0. The lowest BCUT2D eigenvalue weighted by atomic mass is 9.70. The molecule has 0 radical (unpaired) electrons. The molecule has 0 heterocycles. The third-order valence-electron chi connectivity index (χ3n) is 5.96. The van der Waals surface area contributed by atoms with Crippen molar-refractivity contribution >= 4 is 23.5 Å². The quantitative estimate of drug-likeness (QED) is 0.710. The topological polar surface area (TPSA) is 84.5 Å². The van der Waals surface area contributed by atoms with Crippen molar-refractivity contribution in [2.75, 3.05) is 18.5 Å². The minimum atomic E-state index is -0.474. The molecule has 2 amide bonds. The molecule has 6 nitrogen and oxygen atoms in total. The van der Waals surface area contributed by atoms with E-state index >= 15 is 0 Å². The summed E-state index contributed by atoms with van der Waals surface area (Å²) in [6, 6.07) is 5.65. The number of ether oxygens (including phenoxy) is 1. The van der Waals surface area contributed by atoms with Gasteiger partial charge in [-0.2, -0.15) is 0 Å². The Morgan fingerprint density at radius 2 is 1.69 bits per heavy atom. The number of rotatable bonds is 6. The van der Waals surface area contributed by atoms with Crippen LogP contribution >= 0.6 is 0 Å². The Bertz CT molecular complexity index is 744. The van der Waals surface area contributed by atoms with E-state index in [2.05, 4.69) is 31.4 Å². The van der Waals surface area contributed by atoms with Crippen molar-refractivity contribution in [1.82, 2.24) is 5.32 Å². The van der Waals surface area contributed by atoms with Crippen LogP contribution in [0.25, 0.3) is 0 Å². The first-order valence-electron chi connectivity index (χ1n) is 10.4. The Kier molecular flexibility index (Phi) is 7.82. The normalized spacial score (nSPS) is 19.3. The Balaban J connectivity index is 1.68. The molecule has 2 rings (SSSR count). The smallest absolute Gasteiger partial charge is 0.309 e. The molecule has 2 N–H and O–H groups in total. The van der Waals surface area contributed by atoms with Crippen molar-refractivity contribution in [3.63, 3.8) is 0 Å². The van der Waals surface area contributed by atoms with Gasteiger partial charge < -0.3 is 15.4 Å². The molecular formula is C23H34N2O4. The third kappa shape index (κ3) is 6.87. The molecular weight excluding hydrogens is 368 g/mol. The minimum Gasteiger partial charge on any atom is -0.455 e. The maximum atomic E-state index is 12.2. The highest BCUT2D eigenvalue weighted by Crippen LogP contribution is 2.40. The fourth-order valence-electron chi connectivity index (χ4n) is 3.76. The largest absolute Gasteiger partial charge is 0.455 e. The SMILES string of the molecule is Cc1cccc(NC(=O)CNC(=O)COC(=O)C2CCC(C(C)(C)C)CC2)c1C. The summed E-state index contributed by atoms with van der Waals surface area (Å²) in [5.41, 5.74) is 3.05. The van der Waals surface area contributed by atoms with Gasteiger partial charge in [-0.3, -0.25) is 14.4 Å². The molecule has 0 saturated heterocycles. The number of hydrogen-bond donors (Lipinski definition) is 2. The van der Waals surface area contributed by atoms with Gasteiger partial charge in [0.2, 0.25) is 5.91 Å². The van der Waals surface area contributed by atoms with Crippen LogP contribution in [0, 0.1) is 31.1 Å². The Morgan fingerprint density at radius 3 is 2.31 bits per heavy atom. The lowest BCUT2D eigenvalue weighted by molar-refractivity contribution is -0.154. The molecule has 0 aliphatic heterocycles.